The van der Waals surface area contributed by atoms with Crippen molar-refractivity contribution >= 4 is 46.4 Å². The molecule has 1 unspecified atom stereocenters. The summed E-state index contributed by atoms with van der Waals surface area (Å²) >= 11 is 0. The van der Waals surface area contributed by atoms with Crippen molar-refractivity contribution in [2.75, 3.05) is 31.5 Å². The molecule has 2 aromatic carbocycles. The van der Waals surface area contributed by atoms with Gasteiger partial charge >= 0.3 is 0 Å². The van der Waals surface area contributed by atoms with E-state index in [0.717, 1.165) is 48.4 Å². The number of aromatic nitrogens is 5. The molecule has 0 saturated carbocycles. The standard InChI is InChI=1S/C39H38F2N10O4/c1-21(2)50-22(3)44-35-28(40)15-25(16-31(35)50)34-29(41)18-43-39(47-34)45-32-8-5-24(17-42-32)20-49-12-10-48(11-13-49)19-23-4-6-26-27(14-23)38(55)51(37(26)54)30-7-9-33(52)46-36(30)53/h4-6,8,14-18,21,30H,7,9-13,19-20H2,1-3H3,(H,46,52,53)(H,42,43,45,47). The van der Waals surface area contributed by atoms with Gasteiger partial charge in [0.2, 0.25) is 17.8 Å². The molecule has 8 rings (SSSR count). The average molecular weight is 749 g/mol. The Balaban J connectivity index is 0.864. The minimum absolute atomic E-state index is 0.0277. The van der Waals surface area contributed by atoms with Crippen LogP contribution in [-0.2, 0) is 22.7 Å². The van der Waals surface area contributed by atoms with E-state index >= 15 is 8.78 Å². The largest absolute Gasteiger partial charge is 0.326 e. The number of imide groups is 2. The van der Waals surface area contributed by atoms with Gasteiger partial charge in [0.25, 0.3) is 11.8 Å². The number of hydrogen-bond donors (Lipinski definition) is 2. The summed E-state index contributed by atoms with van der Waals surface area (Å²) in [5.41, 5.74) is 3.46. The van der Waals surface area contributed by atoms with Crippen molar-refractivity contribution in [2.24, 2.45) is 0 Å². The summed E-state index contributed by atoms with van der Waals surface area (Å²) in [6, 6.07) is 10.9. The highest BCUT2D eigenvalue weighted by molar-refractivity contribution is 6.23. The van der Waals surface area contributed by atoms with Gasteiger partial charge in [-0.3, -0.25) is 39.2 Å². The molecule has 0 aliphatic carbocycles. The Labute approximate surface area is 314 Å². The monoisotopic (exact) mass is 748 g/mol. The van der Waals surface area contributed by atoms with Crippen LogP contribution in [0.2, 0.25) is 0 Å². The van der Waals surface area contributed by atoms with Gasteiger partial charge in [-0.25, -0.2) is 28.7 Å². The van der Waals surface area contributed by atoms with Crippen molar-refractivity contribution < 1.29 is 28.0 Å². The molecule has 55 heavy (non-hydrogen) atoms. The number of halogens is 2. The van der Waals surface area contributed by atoms with E-state index in [-0.39, 0.29) is 52.7 Å². The van der Waals surface area contributed by atoms with Crippen molar-refractivity contribution in [3.63, 3.8) is 0 Å². The lowest BCUT2D eigenvalue weighted by Gasteiger charge is -2.34. The molecule has 0 spiro atoms. The number of carbonyl (C=O) groups excluding carboxylic acids is 4. The maximum atomic E-state index is 15.1. The number of pyridine rings is 1. The average Bonchev–Trinajstić information content (AvgIpc) is 3.63. The molecule has 4 amide bonds. The number of piperidine rings is 1. The molecule has 5 aromatic rings. The van der Waals surface area contributed by atoms with Crippen LogP contribution >= 0.6 is 0 Å². The predicted molar refractivity (Wildman–Crippen MR) is 197 cm³/mol. The third-order valence-electron chi connectivity index (χ3n) is 10.3. The fraction of sp³-hybridized carbons (Fsp3) is 0.333. The molecular formula is C39H38F2N10O4. The third kappa shape index (κ3) is 6.94. The number of nitrogens with one attached hydrogen (secondary N) is 2. The molecule has 0 bridgehead atoms. The summed E-state index contributed by atoms with van der Waals surface area (Å²) in [6.07, 6.45) is 3.00. The number of fused-ring (bicyclic) bond motifs is 2. The van der Waals surface area contributed by atoms with Gasteiger partial charge < -0.3 is 9.88 Å². The van der Waals surface area contributed by atoms with Gasteiger partial charge in [0.05, 0.1) is 22.8 Å². The summed E-state index contributed by atoms with van der Waals surface area (Å²) in [7, 11) is 0. The quantitative estimate of drug-likeness (QED) is 0.204. The Morgan fingerprint density at radius 1 is 0.836 bits per heavy atom. The first-order valence-electron chi connectivity index (χ1n) is 18.2. The number of nitrogens with zero attached hydrogens (tertiary/aromatic N) is 8. The minimum atomic E-state index is -0.993. The highest BCUT2D eigenvalue weighted by Gasteiger charge is 2.44. The molecule has 6 heterocycles. The summed E-state index contributed by atoms with van der Waals surface area (Å²) in [5.74, 6) is -2.05. The second kappa shape index (κ2) is 14.3. The van der Waals surface area contributed by atoms with Crippen LogP contribution in [0.3, 0.4) is 0 Å². The first kappa shape index (κ1) is 36.0. The first-order chi connectivity index (χ1) is 26.4. The number of carbonyl (C=O) groups is 4. The van der Waals surface area contributed by atoms with Gasteiger partial charge in [0, 0.05) is 63.5 Å². The van der Waals surface area contributed by atoms with Crippen LogP contribution in [0.25, 0.3) is 22.3 Å². The van der Waals surface area contributed by atoms with Crippen molar-refractivity contribution in [1.82, 2.24) is 44.5 Å². The van der Waals surface area contributed by atoms with Crippen LogP contribution in [0, 0.1) is 18.6 Å². The topological polar surface area (TPSA) is 159 Å². The Bertz CT molecular complexity index is 2370. The summed E-state index contributed by atoms with van der Waals surface area (Å²) in [4.78, 5) is 73.2. The smallest absolute Gasteiger partial charge is 0.262 e. The van der Waals surface area contributed by atoms with Gasteiger partial charge in [-0.1, -0.05) is 12.1 Å². The molecular weight excluding hydrogens is 710 g/mol. The van der Waals surface area contributed by atoms with E-state index in [9.17, 15) is 19.2 Å². The van der Waals surface area contributed by atoms with Gasteiger partial charge in [0.15, 0.2) is 11.6 Å². The van der Waals surface area contributed by atoms with E-state index < -0.39 is 41.3 Å². The van der Waals surface area contributed by atoms with E-state index in [1.807, 2.05) is 37.5 Å². The fourth-order valence-electron chi connectivity index (χ4n) is 7.63. The summed E-state index contributed by atoms with van der Waals surface area (Å²) in [5, 5.41) is 5.25. The lowest BCUT2D eigenvalue weighted by molar-refractivity contribution is -0.136. The van der Waals surface area contributed by atoms with Crippen LogP contribution in [0.5, 0.6) is 0 Å². The Hall–Kier alpha value is -6.00. The molecule has 2 N–H and O–H groups in total. The van der Waals surface area contributed by atoms with Gasteiger partial charge in [0.1, 0.15) is 28.9 Å². The lowest BCUT2D eigenvalue weighted by Crippen LogP contribution is -2.54. The number of piperazine rings is 1. The Kier molecular flexibility index (Phi) is 9.38. The molecule has 2 fully saturated rings. The number of rotatable bonds is 9. The molecule has 2 saturated heterocycles. The van der Waals surface area contributed by atoms with Crippen LogP contribution in [0.15, 0.2) is 54.9 Å². The van der Waals surface area contributed by atoms with Gasteiger partial charge in [-0.15, -0.1) is 0 Å². The highest BCUT2D eigenvalue weighted by atomic mass is 19.1. The molecule has 1 atom stereocenters. The molecule has 3 aromatic heterocycles. The zero-order chi connectivity index (χ0) is 38.5. The maximum absolute atomic E-state index is 15.1. The molecule has 16 heteroatoms. The summed E-state index contributed by atoms with van der Waals surface area (Å²) in [6.45, 7) is 10.2. The summed E-state index contributed by atoms with van der Waals surface area (Å²) < 4.78 is 32.0. The van der Waals surface area contributed by atoms with Crippen LogP contribution in [-0.4, -0.2) is 95.1 Å². The second-order valence-corrected chi connectivity index (χ2v) is 14.4. The highest BCUT2D eigenvalue weighted by Crippen LogP contribution is 2.31. The number of imidazole rings is 1. The normalized spacial score (nSPS) is 18.1. The molecule has 3 aliphatic rings. The van der Waals surface area contributed by atoms with E-state index in [1.54, 1.807) is 30.5 Å². The van der Waals surface area contributed by atoms with Crippen LogP contribution in [0.4, 0.5) is 20.5 Å². The molecule has 14 nitrogen and oxygen atoms in total. The van der Waals surface area contributed by atoms with Crippen molar-refractivity contribution in [3.8, 4) is 11.3 Å². The number of benzene rings is 2. The fourth-order valence-corrected chi connectivity index (χ4v) is 7.63. The van der Waals surface area contributed by atoms with E-state index in [1.165, 1.54) is 6.07 Å². The van der Waals surface area contributed by atoms with E-state index in [4.69, 9.17) is 0 Å². The van der Waals surface area contributed by atoms with Crippen molar-refractivity contribution in [2.45, 2.75) is 58.8 Å². The first-order valence-corrected chi connectivity index (χ1v) is 18.2. The second-order valence-electron chi connectivity index (χ2n) is 14.4. The van der Waals surface area contributed by atoms with Crippen molar-refractivity contribution in [1.29, 1.82) is 0 Å². The minimum Gasteiger partial charge on any atom is -0.326 e. The number of anilines is 2. The SMILES string of the molecule is Cc1nc2c(F)cc(-c3nc(Nc4ccc(CN5CCN(Cc6ccc7c(c6)C(=O)N(C6CCC(=O)NC6=O)C7=O)CC5)cn4)ncc3F)cc2n1C(C)C. The molecule has 3 aliphatic heterocycles. The van der Waals surface area contributed by atoms with E-state index in [0.29, 0.717) is 30.2 Å². The molecule has 282 valence electrons. The maximum Gasteiger partial charge on any atom is 0.262 e. The van der Waals surface area contributed by atoms with Gasteiger partial charge in [-0.2, -0.15) is 0 Å². The Morgan fingerprint density at radius 3 is 2.24 bits per heavy atom. The van der Waals surface area contributed by atoms with Crippen LogP contribution < -0.4 is 10.6 Å². The lowest BCUT2D eigenvalue weighted by atomic mass is 10.0. The van der Waals surface area contributed by atoms with E-state index in [2.05, 4.69) is 40.4 Å². The number of aryl methyl sites for hydroxylation is 1. The number of hydrogen-bond acceptors (Lipinski definition) is 11. The zero-order valence-corrected chi connectivity index (χ0v) is 30.5. The zero-order valence-electron chi connectivity index (χ0n) is 30.5. The van der Waals surface area contributed by atoms with Crippen molar-refractivity contribution in [3.05, 3.63) is 94.6 Å². The third-order valence-corrected chi connectivity index (χ3v) is 10.3. The Morgan fingerprint density at radius 2 is 1.55 bits per heavy atom. The van der Waals surface area contributed by atoms with Gasteiger partial charge in [-0.05, 0) is 68.7 Å². The molecule has 0 radical (unpaired) electrons. The predicted octanol–water partition coefficient (Wildman–Crippen LogP) is 4.52. The van der Waals surface area contributed by atoms with Crippen LogP contribution in [0.1, 0.15) is 70.4 Å². The number of amides is 4.